The Morgan fingerprint density at radius 2 is 1.84 bits per heavy atom. The molecular formula is C14H16ClNO2S. The molecule has 0 fully saturated rings. The SMILES string of the molecule is COc1ccc(C(N)c2cc(C)c(Cl)s2)cc1OC. The largest absolute Gasteiger partial charge is 0.493 e. The summed E-state index contributed by atoms with van der Waals surface area (Å²) in [4.78, 5) is 1.04. The van der Waals surface area contributed by atoms with E-state index in [0.29, 0.717) is 11.5 Å². The van der Waals surface area contributed by atoms with Crippen LogP contribution in [0.4, 0.5) is 0 Å². The maximum absolute atomic E-state index is 6.27. The Morgan fingerprint density at radius 1 is 1.16 bits per heavy atom. The fourth-order valence-corrected chi connectivity index (χ4v) is 3.09. The van der Waals surface area contributed by atoms with Crippen LogP contribution in [0, 0.1) is 6.92 Å². The van der Waals surface area contributed by atoms with Gasteiger partial charge in [0.1, 0.15) is 0 Å². The zero-order valence-corrected chi connectivity index (χ0v) is 12.6. The van der Waals surface area contributed by atoms with E-state index >= 15 is 0 Å². The lowest BCUT2D eigenvalue weighted by atomic mass is 10.1. The molecule has 1 aromatic heterocycles. The highest BCUT2D eigenvalue weighted by atomic mass is 35.5. The third kappa shape index (κ3) is 2.86. The molecule has 0 spiro atoms. The first-order chi connectivity index (χ1) is 9.06. The third-order valence-electron chi connectivity index (χ3n) is 2.95. The smallest absolute Gasteiger partial charge is 0.161 e. The van der Waals surface area contributed by atoms with Gasteiger partial charge in [0.2, 0.25) is 0 Å². The molecule has 0 aliphatic rings. The summed E-state index contributed by atoms with van der Waals surface area (Å²) in [6.45, 7) is 1.98. The van der Waals surface area contributed by atoms with Crippen molar-refractivity contribution in [2.75, 3.05) is 14.2 Å². The van der Waals surface area contributed by atoms with Gasteiger partial charge in [0, 0.05) is 4.88 Å². The molecular weight excluding hydrogens is 282 g/mol. The highest BCUT2D eigenvalue weighted by molar-refractivity contribution is 7.16. The third-order valence-corrected chi connectivity index (χ3v) is 4.59. The van der Waals surface area contributed by atoms with Gasteiger partial charge in [0.05, 0.1) is 24.6 Å². The van der Waals surface area contributed by atoms with Gasteiger partial charge in [0.15, 0.2) is 11.5 Å². The van der Waals surface area contributed by atoms with Crippen molar-refractivity contribution >= 4 is 22.9 Å². The molecule has 1 unspecified atom stereocenters. The Bertz CT molecular complexity index is 563. The number of thiophene rings is 1. The zero-order valence-electron chi connectivity index (χ0n) is 11.1. The number of aryl methyl sites for hydroxylation is 1. The van der Waals surface area contributed by atoms with E-state index in [1.54, 1.807) is 14.2 Å². The molecule has 19 heavy (non-hydrogen) atoms. The van der Waals surface area contributed by atoms with Crippen molar-refractivity contribution in [2.24, 2.45) is 5.73 Å². The lowest BCUT2D eigenvalue weighted by Gasteiger charge is -2.13. The number of hydrogen-bond donors (Lipinski definition) is 1. The Hall–Kier alpha value is -1.23. The number of halogens is 1. The summed E-state index contributed by atoms with van der Waals surface area (Å²) >= 11 is 7.59. The average molecular weight is 298 g/mol. The molecule has 0 aliphatic carbocycles. The molecule has 5 heteroatoms. The van der Waals surface area contributed by atoms with Crippen molar-refractivity contribution in [2.45, 2.75) is 13.0 Å². The average Bonchev–Trinajstić information content (AvgIpc) is 2.77. The minimum absolute atomic E-state index is 0.212. The van der Waals surface area contributed by atoms with Crippen LogP contribution < -0.4 is 15.2 Å². The van der Waals surface area contributed by atoms with E-state index in [-0.39, 0.29) is 6.04 Å². The Balaban J connectivity index is 2.35. The predicted molar refractivity (Wildman–Crippen MR) is 79.6 cm³/mol. The van der Waals surface area contributed by atoms with E-state index in [1.807, 2.05) is 31.2 Å². The Labute approximate surface area is 121 Å². The summed E-state index contributed by atoms with van der Waals surface area (Å²) in [6.07, 6.45) is 0. The van der Waals surface area contributed by atoms with Gasteiger partial charge in [-0.15, -0.1) is 11.3 Å². The first kappa shape index (κ1) is 14.2. The van der Waals surface area contributed by atoms with Crippen LogP contribution in [0.25, 0.3) is 0 Å². The van der Waals surface area contributed by atoms with Gasteiger partial charge >= 0.3 is 0 Å². The highest BCUT2D eigenvalue weighted by Crippen LogP contribution is 2.35. The van der Waals surface area contributed by atoms with Crippen LogP contribution in [0.2, 0.25) is 4.34 Å². The van der Waals surface area contributed by atoms with Crippen molar-refractivity contribution in [1.29, 1.82) is 0 Å². The molecule has 1 heterocycles. The van der Waals surface area contributed by atoms with Crippen LogP contribution in [-0.2, 0) is 0 Å². The van der Waals surface area contributed by atoms with Crippen LogP contribution in [0.15, 0.2) is 24.3 Å². The standard InChI is InChI=1S/C14H16ClNO2S/c1-8-6-12(19-14(8)15)13(16)9-4-5-10(17-2)11(7-9)18-3/h4-7,13H,16H2,1-3H3. The fraction of sp³-hybridized carbons (Fsp3) is 0.286. The number of methoxy groups -OCH3 is 2. The molecule has 1 aromatic carbocycles. The van der Waals surface area contributed by atoms with Gasteiger partial charge in [-0.2, -0.15) is 0 Å². The molecule has 2 rings (SSSR count). The summed E-state index contributed by atoms with van der Waals surface area (Å²) in [6, 6.07) is 7.50. The molecule has 2 aromatic rings. The minimum atomic E-state index is -0.212. The molecule has 0 aliphatic heterocycles. The van der Waals surface area contributed by atoms with Crippen molar-refractivity contribution in [3.8, 4) is 11.5 Å². The Morgan fingerprint density at radius 3 is 2.37 bits per heavy atom. The molecule has 0 bridgehead atoms. The maximum atomic E-state index is 6.27. The van der Waals surface area contributed by atoms with Crippen LogP contribution in [0.5, 0.6) is 11.5 Å². The van der Waals surface area contributed by atoms with Crippen molar-refractivity contribution in [3.05, 3.63) is 44.6 Å². The second-order valence-corrected chi connectivity index (χ2v) is 5.88. The summed E-state index contributed by atoms with van der Waals surface area (Å²) < 4.78 is 11.3. The summed E-state index contributed by atoms with van der Waals surface area (Å²) in [5.41, 5.74) is 8.29. The molecule has 0 radical (unpaired) electrons. The second kappa shape index (κ2) is 5.82. The van der Waals surface area contributed by atoms with Crippen molar-refractivity contribution < 1.29 is 9.47 Å². The van der Waals surface area contributed by atoms with Gasteiger partial charge in [-0.3, -0.25) is 0 Å². The number of rotatable bonds is 4. The van der Waals surface area contributed by atoms with Gasteiger partial charge in [-0.1, -0.05) is 17.7 Å². The van der Waals surface area contributed by atoms with Crippen LogP contribution in [0.3, 0.4) is 0 Å². The fourth-order valence-electron chi connectivity index (χ4n) is 1.85. The summed E-state index contributed by atoms with van der Waals surface area (Å²) in [5.74, 6) is 1.37. The number of ether oxygens (including phenoxy) is 2. The number of nitrogens with two attached hydrogens (primary N) is 1. The van der Waals surface area contributed by atoms with Crippen molar-refractivity contribution in [3.63, 3.8) is 0 Å². The van der Waals surface area contributed by atoms with E-state index in [9.17, 15) is 0 Å². The highest BCUT2D eigenvalue weighted by Gasteiger charge is 2.15. The lowest BCUT2D eigenvalue weighted by molar-refractivity contribution is 0.354. The molecule has 0 amide bonds. The van der Waals surface area contributed by atoms with Gasteiger partial charge in [0.25, 0.3) is 0 Å². The first-order valence-electron chi connectivity index (χ1n) is 5.80. The van der Waals surface area contributed by atoms with Crippen molar-refractivity contribution in [1.82, 2.24) is 0 Å². The van der Waals surface area contributed by atoms with Gasteiger partial charge in [-0.05, 0) is 36.2 Å². The summed E-state index contributed by atoms with van der Waals surface area (Å²) in [7, 11) is 3.22. The predicted octanol–water partition coefficient (Wildman–Crippen LogP) is 3.78. The van der Waals surface area contributed by atoms with Crippen LogP contribution in [0.1, 0.15) is 22.0 Å². The first-order valence-corrected chi connectivity index (χ1v) is 6.99. The topological polar surface area (TPSA) is 44.5 Å². The van der Waals surface area contributed by atoms with Gasteiger partial charge in [-0.25, -0.2) is 0 Å². The van der Waals surface area contributed by atoms with Crippen LogP contribution >= 0.6 is 22.9 Å². The van der Waals surface area contributed by atoms with Crippen LogP contribution in [-0.4, -0.2) is 14.2 Å². The molecule has 2 N–H and O–H groups in total. The molecule has 1 atom stereocenters. The lowest BCUT2D eigenvalue weighted by Crippen LogP contribution is -2.10. The number of benzene rings is 1. The Kier molecular flexibility index (Phi) is 4.34. The molecule has 3 nitrogen and oxygen atoms in total. The molecule has 0 saturated heterocycles. The van der Waals surface area contributed by atoms with E-state index in [4.69, 9.17) is 26.8 Å². The quantitative estimate of drug-likeness (QED) is 0.934. The van der Waals surface area contributed by atoms with Gasteiger partial charge < -0.3 is 15.2 Å². The van der Waals surface area contributed by atoms with E-state index in [2.05, 4.69) is 0 Å². The molecule has 0 saturated carbocycles. The monoisotopic (exact) mass is 297 g/mol. The minimum Gasteiger partial charge on any atom is -0.493 e. The molecule has 102 valence electrons. The zero-order chi connectivity index (χ0) is 14.0. The maximum Gasteiger partial charge on any atom is 0.161 e. The van der Waals surface area contributed by atoms with E-state index in [0.717, 1.165) is 20.3 Å². The van der Waals surface area contributed by atoms with E-state index in [1.165, 1.54) is 11.3 Å². The second-order valence-electron chi connectivity index (χ2n) is 4.20. The normalized spacial score (nSPS) is 12.3. The van der Waals surface area contributed by atoms with E-state index < -0.39 is 0 Å². The number of hydrogen-bond acceptors (Lipinski definition) is 4. The summed E-state index contributed by atoms with van der Waals surface area (Å²) in [5, 5.41) is 0.